The number of H-pyrrole nitrogens is 2. The number of amides is 10. The van der Waals surface area contributed by atoms with Crippen molar-refractivity contribution in [2.75, 3.05) is 13.1 Å². The van der Waals surface area contributed by atoms with Crippen LogP contribution in [0, 0.1) is 23.7 Å². The Hall–Kier alpha value is -8.84. The van der Waals surface area contributed by atoms with Crippen LogP contribution in [-0.4, -0.2) is 173 Å². The van der Waals surface area contributed by atoms with E-state index in [2.05, 4.69) is 62.5 Å². The lowest BCUT2D eigenvalue weighted by atomic mass is 9.99. The zero-order chi connectivity index (χ0) is 63.9. The van der Waals surface area contributed by atoms with E-state index >= 15 is 9.59 Å². The smallest absolute Gasteiger partial charge is 0.246 e. The second-order valence-electron chi connectivity index (χ2n) is 24.8. The maximum atomic E-state index is 15.0. The molecule has 7 rings (SSSR count). The number of carbonyl (C=O) groups excluding carboxylic acids is 10. The van der Waals surface area contributed by atoms with Crippen LogP contribution in [0.2, 0.25) is 0 Å². The lowest BCUT2D eigenvalue weighted by Gasteiger charge is -2.33. The maximum Gasteiger partial charge on any atom is 0.246 e. The van der Waals surface area contributed by atoms with Crippen molar-refractivity contribution in [1.82, 2.24) is 72.3 Å². The summed E-state index contributed by atoms with van der Waals surface area (Å²) in [4.78, 5) is 164. The molecule has 0 saturated carbocycles. The van der Waals surface area contributed by atoms with Gasteiger partial charge in [-0.05, 0) is 97.6 Å². The van der Waals surface area contributed by atoms with Crippen molar-refractivity contribution < 1.29 is 58.2 Å². The molecule has 3 aliphatic heterocycles. The number of phenols is 2. The molecule has 0 bridgehead atoms. The number of carbonyl (C=O) groups is 10. The lowest BCUT2D eigenvalue weighted by molar-refractivity contribution is -0.143. The summed E-state index contributed by atoms with van der Waals surface area (Å²) in [5, 5.41) is 42.9. The van der Waals surface area contributed by atoms with Gasteiger partial charge in [0.05, 0.1) is 12.7 Å². The summed E-state index contributed by atoms with van der Waals surface area (Å²) in [7, 11) is 0. The fourth-order valence-electron chi connectivity index (χ4n) is 11.4. The van der Waals surface area contributed by atoms with E-state index in [0.29, 0.717) is 35.4 Å². The van der Waals surface area contributed by atoms with Crippen molar-refractivity contribution in [2.24, 2.45) is 23.7 Å². The predicted octanol–water partition coefficient (Wildman–Crippen LogP) is 1.09. The summed E-state index contributed by atoms with van der Waals surface area (Å²) in [6.07, 6.45) is 6.48. The van der Waals surface area contributed by atoms with E-state index in [1.165, 1.54) is 59.1 Å². The molecule has 3 aliphatic rings. The Morgan fingerprint density at radius 3 is 1.07 bits per heavy atom. The van der Waals surface area contributed by atoms with Gasteiger partial charge in [0.2, 0.25) is 59.1 Å². The van der Waals surface area contributed by atoms with Crippen molar-refractivity contribution >= 4 is 59.1 Å². The van der Waals surface area contributed by atoms with Gasteiger partial charge in [-0.3, -0.25) is 47.9 Å². The molecule has 2 aromatic heterocycles. The summed E-state index contributed by atoms with van der Waals surface area (Å²) < 4.78 is 0. The van der Waals surface area contributed by atoms with Gasteiger partial charge in [-0.15, -0.1) is 0 Å². The van der Waals surface area contributed by atoms with Crippen LogP contribution in [0.1, 0.15) is 116 Å². The van der Waals surface area contributed by atoms with Gasteiger partial charge in [0.15, 0.2) is 0 Å². The Morgan fingerprint density at radius 2 is 0.750 bits per heavy atom. The fraction of sp³-hybridized carbons (Fsp3) is 0.548. The van der Waals surface area contributed by atoms with Crippen molar-refractivity contribution in [2.45, 2.75) is 180 Å². The van der Waals surface area contributed by atoms with E-state index in [0.717, 1.165) is 0 Å². The highest BCUT2D eigenvalue weighted by Gasteiger charge is 2.44. The largest absolute Gasteiger partial charge is 0.508 e. The first-order chi connectivity index (χ1) is 41.8. The van der Waals surface area contributed by atoms with E-state index < -0.39 is 131 Å². The van der Waals surface area contributed by atoms with Crippen LogP contribution >= 0.6 is 0 Å². The summed E-state index contributed by atoms with van der Waals surface area (Å²) in [6.45, 7) is 14.3. The Morgan fingerprint density at radius 1 is 0.420 bits per heavy atom. The molecule has 0 unspecified atom stereocenters. The molecule has 476 valence electrons. The number of nitrogens with one attached hydrogen (secondary N) is 10. The number of hydrogen-bond acceptors (Lipinski definition) is 14. The van der Waals surface area contributed by atoms with Crippen molar-refractivity contribution in [3.8, 4) is 11.5 Å². The predicted molar refractivity (Wildman–Crippen MR) is 322 cm³/mol. The minimum absolute atomic E-state index is 0.0424. The second-order valence-corrected chi connectivity index (χ2v) is 24.8. The first-order valence-electron chi connectivity index (χ1n) is 30.4. The normalized spacial score (nSPS) is 25.5. The number of aromatic nitrogens is 4. The lowest BCUT2D eigenvalue weighted by Crippen LogP contribution is -2.62. The third-order valence-electron chi connectivity index (χ3n) is 16.1. The van der Waals surface area contributed by atoms with Gasteiger partial charge in [0, 0.05) is 62.6 Å². The fourth-order valence-corrected chi connectivity index (χ4v) is 11.4. The minimum atomic E-state index is -1.37. The molecule has 5 heterocycles. The van der Waals surface area contributed by atoms with Gasteiger partial charge >= 0.3 is 0 Å². The minimum Gasteiger partial charge on any atom is -0.508 e. The molecule has 3 saturated heterocycles. The quantitative estimate of drug-likeness (QED) is 0.0842. The number of aromatic amines is 2. The van der Waals surface area contributed by atoms with Crippen LogP contribution in [0.15, 0.2) is 73.6 Å². The number of rotatable bonds is 14. The molecule has 10 atom stereocenters. The van der Waals surface area contributed by atoms with E-state index in [4.69, 9.17) is 0 Å². The maximum absolute atomic E-state index is 15.0. The van der Waals surface area contributed by atoms with Gasteiger partial charge in [0.1, 0.15) is 71.9 Å². The van der Waals surface area contributed by atoms with E-state index in [9.17, 15) is 48.6 Å². The molecule has 3 fully saturated rings. The summed E-state index contributed by atoms with van der Waals surface area (Å²) in [6, 6.07) is -0.756. The zero-order valence-electron chi connectivity index (χ0n) is 51.3. The monoisotopic (exact) mass is 1220 g/mol. The third kappa shape index (κ3) is 18.1. The molecular weight excluding hydrogens is 1130 g/mol. The van der Waals surface area contributed by atoms with Crippen LogP contribution in [0.4, 0.5) is 0 Å². The first kappa shape index (κ1) is 66.7. The number of hydrogen-bond donors (Lipinski definition) is 12. The summed E-state index contributed by atoms with van der Waals surface area (Å²) >= 11 is 0. The SMILES string of the molecule is CC(C)C[C@@H]1NC(=O)[C@H](Cc2cnc[nH]2)NC(=O)[C@H](C(C)C)NC(=O)[C@@H]2CCCN2C(=O)[C@@H](Cc2ccc(O)cc2)NC(=O)[C@H](CC(C)C)NC(=O)[C@H](Cc2cnc[nH]2)NC(=O)[C@H](C(C)C)NC(=O)[C@@H]2CCCN2C(=O)[C@H](Cc2ccc(O)cc2)NC1=O. The molecule has 26 heteroatoms. The Kier molecular flexibility index (Phi) is 23.2. The van der Waals surface area contributed by atoms with Gasteiger partial charge in [-0.25, -0.2) is 9.97 Å². The van der Waals surface area contributed by atoms with Gasteiger partial charge in [-0.2, -0.15) is 0 Å². The molecule has 4 aromatic rings. The van der Waals surface area contributed by atoms with Crippen molar-refractivity contribution in [3.63, 3.8) is 0 Å². The van der Waals surface area contributed by atoms with Crippen LogP contribution < -0.4 is 42.5 Å². The third-order valence-corrected chi connectivity index (χ3v) is 16.1. The molecule has 0 aliphatic carbocycles. The van der Waals surface area contributed by atoms with Gasteiger partial charge in [-0.1, -0.05) is 79.7 Å². The standard InChI is InChI=1S/C62H86N14O12/c1-33(2)23-43-53(79)71-47(25-37-13-17-41(77)18-14-37)61(87)75-21-9-11-49(75)57(83)74-52(36(7)8)60(86)70-46(28-40-30-64-32-66-40)56(82)68-44(24-34(3)4)54(80)72-48(26-38-15-19-42(78)20-16-38)62(88)76-22-10-12-50(76)58(84)73-51(35(5)6)59(85)69-45(55(81)67-43)27-39-29-63-31-65-39/h13-20,29-36,43-52,77-78H,9-12,21-28H2,1-8H3,(H,63,65)(H,64,66)(H,67,81)(H,68,82)(H,69,85)(H,70,86)(H,71,79)(H,72,80)(H,73,84)(H,74,83)/t43-,44-,45-,46-,47-,48+,49-,50-,51-,52-/m0/s1. The number of aromatic hydroxyl groups is 2. The molecule has 10 amide bonds. The number of nitrogens with zero attached hydrogens (tertiary/aromatic N) is 4. The zero-order valence-corrected chi connectivity index (χ0v) is 51.3. The highest BCUT2D eigenvalue weighted by molar-refractivity contribution is 6.00. The average molecular weight is 1220 g/mol. The molecule has 88 heavy (non-hydrogen) atoms. The summed E-state index contributed by atoms with van der Waals surface area (Å²) in [5.74, 6) is -8.87. The molecule has 26 nitrogen and oxygen atoms in total. The van der Waals surface area contributed by atoms with E-state index in [1.54, 1.807) is 52.0 Å². The highest BCUT2D eigenvalue weighted by Crippen LogP contribution is 2.24. The number of benzene rings is 2. The van der Waals surface area contributed by atoms with Crippen LogP contribution in [-0.2, 0) is 73.6 Å². The number of phenolic OH excluding ortho intramolecular Hbond substituents is 2. The molecule has 2 aromatic carbocycles. The van der Waals surface area contributed by atoms with Crippen LogP contribution in [0.3, 0.4) is 0 Å². The van der Waals surface area contributed by atoms with Crippen LogP contribution in [0.25, 0.3) is 0 Å². The van der Waals surface area contributed by atoms with E-state index in [1.807, 2.05) is 27.7 Å². The average Bonchev–Trinajstić information content (AvgIpc) is 4.43. The first-order valence-corrected chi connectivity index (χ1v) is 30.4. The number of fused-ring (bicyclic) bond motifs is 2. The topological polar surface area (TPSA) is 371 Å². The van der Waals surface area contributed by atoms with Gasteiger partial charge in [0.25, 0.3) is 0 Å². The number of imidazole rings is 2. The van der Waals surface area contributed by atoms with Crippen molar-refractivity contribution in [3.05, 3.63) is 96.1 Å². The molecule has 12 N–H and O–H groups in total. The molecular formula is C62H86N14O12. The Bertz CT molecular complexity index is 2860. The van der Waals surface area contributed by atoms with Crippen molar-refractivity contribution in [1.29, 1.82) is 0 Å². The highest BCUT2D eigenvalue weighted by atomic mass is 16.3. The van der Waals surface area contributed by atoms with Crippen LogP contribution in [0.5, 0.6) is 11.5 Å². The second kappa shape index (κ2) is 30.7. The molecule has 0 radical (unpaired) electrons. The summed E-state index contributed by atoms with van der Waals surface area (Å²) in [5.41, 5.74) is 1.96. The Balaban J connectivity index is 1.28. The van der Waals surface area contributed by atoms with E-state index in [-0.39, 0.29) is 87.8 Å². The molecule has 0 spiro atoms. The van der Waals surface area contributed by atoms with Gasteiger partial charge < -0.3 is 72.5 Å². The Labute approximate surface area is 512 Å².